The summed E-state index contributed by atoms with van der Waals surface area (Å²) < 4.78 is 5.19. The summed E-state index contributed by atoms with van der Waals surface area (Å²) in [6, 6.07) is 0. The van der Waals surface area contributed by atoms with Crippen LogP contribution in [0, 0.1) is 0 Å². The summed E-state index contributed by atoms with van der Waals surface area (Å²) in [4.78, 5) is 10.4. The van der Waals surface area contributed by atoms with Crippen molar-refractivity contribution in [1.29, 1.82) is 0 Å². The van der Waals surface area contributed by atoms with Crippen molar-refractivity contribution in [3.8, 4) is 0 Å². The van der Waals surface area contributed by atoms with Gasteiger partial charge in [0.25, 0.3) is 0 Å². The molecule has 0 aliphatic rings. The molecule has 65 valence electrons. The van der Waals surface area contributed by atoms with Crippen LogP contribution < -0.4 is 0 Å². The van der Waals surface area contributed by atoms with E-state index in [9.17, 15) is 9.90 Å². The van der Waals surface area contributed by atoms with Crippen molar-refractivity contribution in [2.24, 2.45) is 0 Å². The van der Waals surface area contributed by atoms with Gasteiger partial charge in [0.2, 0.25) is 0 Å². The third-order valence-electron chi connectivity index (χ3n) is 1.13. The molecule has 0 rings (SSSR count). The summed E-state index contributed by atoms with van der Waals surface area (Å²) in [5.41, 5.74) is -0.416. The van der Waals surface area contributed by atoms with Gasteiger partial charge >= 0.3 is 5.97 Å². The van der Waals surface area contributed by atoms with Gasteiger partial charge < -0.3 is 4.74 Å². The molecular weight excluding hydrogens is 144 g/mol. The number of carbonyl (C=O) groups excluding carboxylic acids is 1. The topological polar surface area (TPSA) is 46.2 Å². The van der Waals surface area contributed by atoms with E-state index in [4.69, 9.17) is 4.74 Å². The summed E-state index contributed by atoms with van der Waals surface area (Å²) >= 11 is 0. The first-order chi connectivity index (χ1) is 4.87. The van der Waals surface area contributed by atoms with Crippen LogP contribution in [0.1, 0.15) is 34.1 Å². The second-order valence-corrected chi connectivity index (χ2v) is 3.45. The molecule has 0 aliphatic carbocycles. The van der Waals surface area contributed by atoms with Crippen LogP contribution in [0.25, 0.3) is 0 Å². The molecule has 0 spiro atoms. The smallest absolute Gasteiger partial charge is 0.361 e. The number of ether oxygens (including phenoxy) is 1. The lowest BCUT2D eigenvalue weighted by molar-refractivity contribution is -0.166. The second kappa shape index (κ2) is 3.72. The highest BCUT2D eigenvalue weighted by Gasteiger charge is 2.24. The molecule has 0 bridgehead atoms. The van der Waals surface area contributed by atoms with Crippen molar-refractivity contribution in [2.45, 2.75) is 45.8 Å². The van der Waals surface area contributed by atoms with Crippen molar-refractivity contribution in [3.05, 3.63) is 0 Å². The third-order valence-corrected chi connectivity index (χ3v) is 1.13. The van der Waals surface area contributed by atoms with Crippen LogP contribution in [0.3, 0.4) is 0 Å². The monoisotopic (exact) mass is 159 g/mol. The molecule has 0 saturated carbocycles. The van der Waals surface area contributed by atoms with Crippen molar-refractivity contribution < 1.29 is 14.6 Å². The number of rotatable bonds is 3. The minimum Gasteiger partial charge on any atom is -0.361 e. The summed E-state index contributed by atoms with van der Waals surface area (Å²) in [6.45, 7) is 7.21. The fourth-order valence-corrected chi connectivity index (χ4v) is 0.725. The maximum absolute atomic E-state index is 10.4. The standard InChI is InChI=1S/C8H15O3/c1-5-6(7(9)10)11-8(2,3)4/h6H,5H2,1-4H3. The van der Waals surface area contributed by atoms with Crippen molar-refractivity contribution in [2.75, 3.05) is 0 Å². The largest absolute Gasteiger partial charge is 0.383 e. The van der Waals surface area contributed by atoms with E-state index in [2.05, 4.69) is 0 Å². The van der Waals surface area contributed by atoms with E-state index in [0.717, 1.165) is 0 Å². The summed E-state index contributed by atoms with van der Waals surface area (Å²) in [6.07, 6.45) is -0.338. The predicted molar refractivity (Wildman–Crippen MR) is 40.6 cm³/mol. The van der Waals surface area contributed by atoms with E-state index in [0.29, 0.717) is 6.42 Å². The fraction of sp³-hybridized carbons (Fsp3) is 0.875. The first kappa shape index (κ1) is 10.4. The normalized spacial score (nSPS) is 14.5. The van der Waals surface area contributed by atoms with Crippen LogP contribution in [-0.4, -0.2) is 17.7 Å². The Morgan fingerprint density at radius 2 is 1.91 bits per heavy atom. The first-order valence-electron chi connectivity index (χ1n) is 3.75. The lowest BCUT2D eigenvalue weighted by Crippen LogP contribution is -2.32. The molecule has 0 saturated heterocycles. The van der Waals surface area contributed by atoms with Crippen LogP contribution in [0.15, 0.2) is 0 Å². The molecular formula is C8H15O3. The molecule has 0 aliphatic heterocycles. The molecule has 11 heavy (non-hydrogen) atoms. The van der Waals surface area contributed by atoms with Gasteiger partial charge in [0.05, 0.1) is 5.60 Å². The van der Waals surface area contributed by atoms with Gasteiger partial charge in [-0.1, -0.05) is 6.92 Å². The number of carbonyl (C=O) groups is 1. The van der Waals surface area contributed by atoms with E-state index < -0.39 is 17.7 Å². The zero-order valence-electron chi connectivity index (χ0n) is 7.51. The molecule has 0 aromatic rings. The van der Waals surface area contributed by atoms with E-state index in [1.165, 1.54) is 0 Å². The average Bonchev–Trinajstić information content (AvgIpc) is 1.80. The Morgan fingerprint density at radius 1 is 1.45 bits per heavy atom. The van der Waals surface area contributed by atoms with Crippen LogP contribution in [-0.2, 0) is 14.6 Å². The lowest BCUT2D eigenvalue weighted by Gasteiger charge is -2.23. The van der Waals surface area contributed by atoms with Crippen LogP contribution >= 0.6 is 0 Å². The van der Waals surface area contributed by atoms with Gasteiger partial charge in [-0.2, -0.15) is 0 Å². The third kappa shape index (κ3) is 4.79. The van der Waals surface area contributed by atoms with E-state index in [1.54, 1.807) is 6.92 Å². The fourth-order valence-electron chi connectivity index (χ4n) is 0.725. The molecule has 0 aromatic heterocycles. The molecule has 1 unspecified atom stereocenters. The molecule has 0 aromatic carbocycles. The van der Waals surface area contributed by atoms with Gasteiger partial charge in [-0.3, -0.25) is 0 Å². The summed E-state index contributed by atoms with van der Waals surface area (Å²) in [5.74, 6) is -1.14. The Hall–Kier alpha value is -0.570. The van der Waals surface area contributed by atoms with Gasteiger partial charge in [0.15, 0.2) is 6.10 Å². The minimum atomic E-state index is -1.14. The maximum atomic E-state index is 10.4. The van der Waals surface area contributed by atoms with E-state index in [-0.39, 0.29) is 0 Å². The Labute approximate surface area is 67.4 Å². The second-order valence-electron chi connectivity index (χ2n) is 3.45. The Morgan fingerprint density at radius 3 is 2.00 bits per heavy atom. The van der Waals surface area contributed by atoms with Gasteiger partial charge in [-0.25, -0.2) is 9.90 Å². The molecule has 0 fully saturated rings. The maximum Gasteiger partial charge on any atom is 0.383 e. The number of hydrogen-bond donors (Lipinski definition) is 0. The van der Waals surface area contributed by atoms with Gasteiger partial charge in [0.1, 0.15) is 0 Å². The Balaban J connectivity index is 3.99. The zero-order chi connectivity index (χ0) is 9.07. The zero-order valence-corrected chi connectivity index (χ0v) is 7.51. The van der Waals surface area contributed by atoms with Gasteiger partial charge in [-0.15, -0.1) is 0 Å². The minimum absolute atomic E-state index is 0.416. The molecule has 0 amide bonds. The van der Waals surface area contributed by atoms with Crippen LogP contribution in [0.4, 0.5) is 0 Å². The summed E-state index contributed by atoms with van der Waals surface area (Å²) in [5, 5.41) is 10.4. The van der Waals surface area contributed by atoms with E-state index in [1.807, 2.05) is 20.8 Å². The van der Waals surface area contributed by atoms with E-state index >= 15 is 0 Å². The predicted octanol–water partition coefficient (Wildman–Crippen LogP) is 1.54. The molecule has 3 heteroatoms. The molecule has 1 atom stereocenters. The molecule has 0 N–H and O–H groups in total. The van der Waals surface area contributed by atoms with Crippen molar-refractivity contribution in [1.82, 2.24) is 0 Å². The van der Waals surface area contributed by atoms with Crippen LogP contribution in [0.5, 0.6) is 0 Å². The highest BCUT2D eigenvalue weighted by Crippen LogP contribution is 2.12. The highest BCUT2D eigenvalue weighted by molar-refractivity contribution is 5.71. The van der Waals surface area contributed by atoms with Crippen molar-refractivity contribution >= 4 is 5.97 Å². The van der Waals surface area contributed by atoms with Crippen LogP contribution in [0.2, 0.25) is 0 Å². The SMILES string of the molecule is CCC(OC(C)(C)C)C([O])=O. The van der Waals surface area contributed by atoms with Crippen molar-refractivity contribution in [3.63, 3.8) is 0 Å². The van der Waals surface area contributed by atoms with Gasteiger partial charge in [-0.05, 0) is 27.2 Å². The quantitative estimate of drug-likeness (QED) is 0.627. The lowest BCUT2D eigenvalue weighted by atomic mass is 10.1. The molecule has 0 heterocycles. The Bertz CT molecular complexity index is 135. The number of hydrogen-bond acceptors (Lipinski definition) is 2. The van der Waals surface area contributed by atoms with Gasteiger partial charge in [0, 0.05) is 0 Å². The molecule has 3 nitrogen and oxygen atoms in total. The highest BCUT2D eigenvalue weighted by atomic mass is 16.5. The molecule has 1 radical (unpaired) electrons. The summed E-state index contributed by atoms with van der Waals surface area (Å²) in [7, 11) is 0. The Kier molecular flexibility index (Phi) is 3.52. The average molecular weight is 159 g/mol. The first-order valence-corrected chi connectivity index (χ1v) is 3.75.